The maximum Gasteiger partial charge on any atom is 0.243 e. The monoisotopic (exact) mass is 437 g/mol. The quantitative estimate of drug-likeness (QED) is 0.727. The molecule has 0 spiro atoms. The zero-order valence-electron chi connectivity index (χ0n) is 17.3. The molecule has 3 aliphatic rings. The summed E-state index contributed by atoms with van der Waals surface area (Å²) in [6.45, 7) is 7.02. The van der Waals surface area contributed by atoms with Crippen LogP contribution < -0.4 is 4.90 Å². The topological polar surface area (TPSA) is 60.9 Å². The smallest absolute Gasteiger partial charge is 0.243 e. The summed E-state index contributed by atoms with van der Waals surface area (Å²) < 4.78 is 28.2. The largest absolute Gasteiger partial charge is 0.310 e. The Hall–Kier alpha value is -1.09. The lowest BCUT2D eigenvalue weighted by Gasteiger charge is -2.40. The van der Waals surface area contributed by atoms with Crippen molar-refractivity contribution in [3.8, 4) is 0 Å². The van der Waals surface area contributed by atoms with Crippen LogP contribution in [0.4, 0.5) is 5.69 Å². The van der Waals surface area contributed by atoms with Gasteiger partial charge in [0.05, 0.1) is 10.6 Å². The summed E-state index contributed by atoms with van der Waals surface area (Å²) in [4.78, 5) is 17.4. The second kappa shape index (κ2) is 8.57. The number of hydrogen-bond acceptors (Lipinski definition) is 5. The molecule has 0 aromatic heterocycles. The molecule has 1 aromatic rings. The highest BCUT2D eigenvalue weighted by Gasteiger charge is 2.33. The second-order valence-electron chi connectivity index (χ2n) is 8.42. The Balaban J connectivity index is 1.49. The van der Waals surface area contributed by atoms with Gasteiger partial charge in [0.1, 0.15) is 0 Å². The molecule has 4 rings (SSSR count). The number of benzene rings is 1. The minimum atomic E-state index is -3.51. The summed E-state index contributed by atoms with van der Waals surface area (Å²) in [6, 6.07) is 5.84. The van der Waals surface area contributed by atoms with Gasteiger partial charge in [-0.1, -0.05) is 26.2 Å². The van der Waals surface area contributed by atoms with Crippen LogP contribution in [0.1, 0.15) is 46.0 Å². The summed E-state index contributed by atoms with van der Waals surface area (Å²) in [5.41, 5.74) is 0.821. The van der Waals surface area contributed by atoms with Gasteiger partial charge in [0.15, 0.2) is 0 Å². The third kappa shape index (κ3) is 4.36. The maximum absolute atomic E-state index is 13.3. The van der Waals surface area contributed by atoms with Crippen molar-refractivity contribution in [2.45, 2.75) is 67.0 Å². The van der Waals surface area contributed by atoms with Crippen LogP contribution in [0.25, 0.3) is 0 Å². The maximum atomic E-state index is 13.3. The third-order valence-electron chi connectivity index (χ3n) is 6.37. The fourth-order valence-electron chi connectivity index (χ4n) is 4.78. The molecule has 1 unspecified atom stereocenters. The number of thioether (sulfide) groups is 1. The number of hydrogen-bond donors (Lipinski definition) is 0. The van der Waals surface area contributed by atoms with Gasteiger partial charge >= 0.3 is 0 Å². The van der Waals surface area contributed by atoms with Crippen LogP contribution in [0.5, 0.6) is 0 Å². The summed E-state index contributed by atoms with van der Waals surface area (Å²) in [7, 11) is -3.51. The van der Waals surface area contributed by atoms with Crippen molar-refractivity contribution in [3.63, 3.8) is 0 Å². The molecular formula is C21H31N3O3S2. The van der Waals surface area contributed by atoms with Crippen LogP contribution >= 0.6 is 11.8 Å². The molecule has 0 bridgehead atoms. The zero-order chi connectivity index (χ0) is 20.6. The minimum absolute atomic E-state index is 0.00663. The SMILES string of the molecule is CC(=O)N1CC(C)Sc2cc(S(=O)(=O)N3CCN(C4CCCCC4)CC3)ccc21. The molecule has 1 aliphatic carbocycles. The van der Waals surface area contributed by atoms with Crippen molar-refractivity contribution in [2.24, 2.45) is 0 Å². The van der Waals surface area contributed by atoms with Crippen LogP contribution in [0.2, 0.25) is 0 Å². The summed E-state index contributed by atoms with van der Waals surface area (Å²) in [6.07, 6.45) is 6.43. The fourth-order valence-corrected chi connectivity index (χ4v) is 7.46. The van der Waals surface area contributed by atoms with Gasteiger partial charge in [-0.25, -0.2) is 8.42 Å². The van der Waals surface area contributed by atoms with Crippen molar-refractivity contribution in [2.75, 3.05) is 37.6 Å². The van der Waals surface area contributed by atoms with E-state index in [1.165, 1.54) is 32.1 Å². The van der Waals surface area contributed by atoms with E-state index in [9.17, 15) is 13.2 Å². The van der Waals surface area contributed by atoms with Gasteiger partial charge < -0.3 is 4.90 Å². The van der Waals surface area contributed by atoms with Gasteiger partial charge in [-0.3, -0.25) is 9.69 Å². The highest BCUT2D eigenvalue weighted by molar-refractivity contribution is 8.00. The number of piperazine rings is 1. The number of sulfonamides is 1. The van der Waals surface area contributed by atoms with Gasteiger partial charge in [-0.05, 0) is 31.0 Å². The Morgan fingerprint density at radius 3 is 2.41 bits per heavy atom. The average molecular weight is 438 g/mol. The Bertz CT molecular complexity index is 860. The fraction of sp³-hybridized carbons (Fsp3) is 0.667. The first-order chi connectivity index (χ1) is 13.9. The first kappa shape index (κ1) is 21.2. The van der Waals surface area contributed by atoms with E-state index < -0.39 is 10.0 Å². The van der Waals surface area contributed by atoms with E-state index in [0.717, 1.165) is 23.7 Å². The van der Waals surface area contributed by atoms with Gasteiger partial charge in [0, 0.05) is 55.8 Å². The van der Waals surface area contributed by atoms with E-state index in [2.05, 4.69) is 11.8 Å². The molecule has 1 saturated heterocycles. The number of anilines is 1. The second-order valence-corrected chi connectivity index (χ2v) is 11.8. The molecule has 160 valence electrons. The first-order valence-electron chi connectivity index (χ1n) is 10.7. The van der Waals surface area contributed by atoms with Crippen molar-refractivity contribution in [1.29, 1.82) is 0 Å². The molecule has 0 radical (unpaired) electrons. The minimum Gasteiger partial charge on any atom is -0.310 e. The highest BCUT2D eigenvalue weighted by Crippen LogP contribution is 2.40. The van der Waals surface area contributed by atoms with E-state index in [1.807, 2.05) is 0 Å². The van der Waals surface area contributed by atoms with E-state index >= 15 is 0 Å². The van der Waals surface area contributed by atoms with E-state index in [0.29, 0.717) is 30.6 Å². The summed E-state index contributed by atoms with van der Waals surface area (Å²) >= 11 is 1.64. The number of carbonyl (C=O) groups excluding carboxylic acids is 1. The lowest BCUT2D eigenvalue weighted by atomic mass is 9.94. The van der Waals surface area contributed by atoms with Crippen molar-refractivity contribution >= 4 is 33.4 Å². The molecule has 1 atom stereocenters. The number of nitrogens with zero attached hydrogens (tertiary/aromatic N) is 3. The Labute approximate surface area is 178 Å². The van der Waals surface area contributed by atoms with Gasteiger partial charge in [-0.2, -0.15) is 4.31 Å². The molecule has 1 amide bonds. The predicted molar refractivity (Wildman–Crippen MR) is 117 cm³/mol. The van der Waals surface area contributed by atoms with E-state index in [-0.39, 0.29) is 11.2 Å². The molecule has 2 aliphatic heterocycles. The number of rotatable bonds is 3. The van der Waals surface area contributed by atoms with Gasteiger partial charge in [-0.15, -0.1) is 11.8 Å². The lowest BCUT2D eigenvalue weighted by molar-refractivity contribution is -0.116. The molecular weight excluding hydrogens is 406 g/mol. The average Bonchev–Trinajstić information content (AvgIpc) is 2.73. The molecule has 6 nitrogen and oxygen atoms in total. The Morgan fingerprint density at radius 1 is 1.07 bits per heavy atom. The van der Waals surface area contributed by atoms with Crippen LogP contribution in [0.15, 0.2) is 28.0 Å². The third-order valence-corrected chi connectivity index (χ3v) is 9.40. The molecule has 0 N–H and O–H groups in total. The normalized spacial score (nSPS) is 25.0. The molecule has 2 heterocycles. The van der Waals surface area contributed by atoms with Crippen molar-refractivity contribution in [1.82, 2.24) is 9.21 Å². The van der Waals surface area contributed by atoms with Crippen LogP contribution in [0, 0.1) is 0 Å². The first-order valence-corrected chi connectivity index (χ1v) is 13.0. The highest BCUT2D eigenvalue weighted by atomic mass is 32.2. The van der Waals surface area contributed by atoms with Gasteiger partial charge in [0.25, 0.3) is 0 Å². The number of fused-ring (bicyclic) bond motifs is 1. The van der Waals surface area contributed by atoms with Gasteiger partial charge in [0.2, 0.25) is 15.9 Å². The van der Waals surface area contributed by atoms with E-state index in [4.69, 9.17) is 0 Å². The Kier molecular flexibility index (Phi) is 6.25. The van der Waals surface area contributed by atoms with Crippen LogP contribution in [0.3, 0.4) is 0 Å². The van der Waals surface area contributed by atoms with Crippen molar-refractivity contribution < 1.29 is 13.2 Å². The zero-order valence-corrected chi connectivity index (χ0v) is 19.0. The number of carbonyl (C=O) groups is 1. The molecule has 1 saturated carbocycles. The lowest BCUT2D eigenvalue weighted by Crippen LogP contribution is -2.52. The van der Waals surface area contributed by atoms with E-state index in [1.54, 1.807) is 46.1 Å². The standard InChI is InChI=1S/C21H31N3O3S2/c1-16-15-24(17(2)25)20-9-8-19(14-21(20)28-16)29(26,27)23-12-10-22(11-13-23)18-6-4-3-5-7-18/h8-9,14,16,18H,3-7,10-13,15H2,1-2H3. The summed E-state index contributed by atoms with van der Waals surface area (Å²) in [5, 5.41) is 0.239. The summed E-state index contributed by atoms with van der Waals surface area (Å²) in [5.74, 6) is -0.00663. The van der Waals surface area contributed by atoms with Crippen molar-refractivity contribution in [3.05, 3.63) is 18.2 Å². The molecule has 8 heteroatoms. The van der Waals surface area contributed by atoms with Crippen LogP contribution in [-0.4, -0.2) is 67.5 Å². The van der Waals surface area contributed by atoms with Crippen LogP contribution in [-0.2, 0) is 14.8 Å². The predicted octanol–water partition coefficient (Wildman–Crippen LogP) is 3.17. The molecule has 1 aromatic carbocycles. The Morgan fingerprint density at radius 2 is 1.76 bits per heavy atom. The molecule has 2 fully saturated rings. The number of amides is 1. The molecule has 29 heavy (non-hydrogen) atoms.